The zero-order valence-corrected chi connectivity index (χ0v) is 17.8. The highest BCUT2D eigenvalue weighted by molar-refractivity contribution is 7.92. The average Bonchev–Trinajstić information content (AvgIpc) is 3.14. The van der Waals surface area contributed by atoms with Crippen LogP contribution in [0.2, 0.25) is 0 Å². The maximum absolute atomic E-state index is 12.9. The fraction of sp³-hybridized carbons (Fsp3) is 0.143. The van der Waals surface area contributed by atoms with Gasteiger partial charge in [-0.25, -0.2) is 18.4 Å². The molecule has 0 bridgehead atoms. The summed E-state index contributed by atoms with van der Waals surface area (Å²) in [5, 5.41) is 0.837. The Bertz CT molecular complexity index is 1260. The van der Waals surface area contributed by atoms with E-state index in [1.165, 1.54) is 18.4 Å². The van der Waals surface area contributed by atoms with E-state index < -0.39 is 10.0 Å². The first kappa shape index (κ1) is 19.4. The van der Waals surface area contributed by atoms with Crippen molar-refractivity contribution in [2.75, 3.05) is 11.8 Å². The first-order chi connectivity index (χ1) is 13.9. The molecule has 0 saturated carbocycles. The summed E-state index contributed by atoms with van der Waals surface area (Å²) in [5.74, 6) is 0.319. The molecular weight excluding hydrogens is 406 g/mol. The lowest BCUT2D eigenvalue weighted by atomic mass is 10.1. The smallest absolute Gasteiger partial charge is 0.265 e. The van der Waals surface area contributed by atoms with Crippen molar-refractivity contribution in [1.29, 1.82) is 0 Å². The summed E-state index contributed by atoms with van der Waals surface area (Å²) in [4.78, 5) is 9.87. The molecule has 1 N–H and O–H groups in total. The number of fused-ring (bicyclic) bond motifs is 1. The Morgan fingerprint density at radius 2 is 1.76 bits per heavy atom. The second-order valence-electron chi connectivity index (χ2n) is 6.62. The molecule has 0 aliphatic carbocycles. The van der Waals surface area contributed by atoms with Crippen LogP contribution in [0.4, 0.5) is 5.69 Å². The number of aromatic nitrogens is 2. The number of hydrogen-bond donors (Lipinski definition) is 1. The van der Waals surface area contributed by atoms with E-state index in [0.29, 0.717) is 11.4 Å². The van der Waals surface area contributed by atoms with Gasteiger partial charge in [-0.2, -0.15) is 0 Å². The van der Waals surface area contributed by atoms with E-state index in [1.54, 1.807) is 30.5 Å². The lowest BCUT2D eigenvalue weighted by Crippen LogP contribution is -2.14. The molecule has 0 unspecified atom stereocenters. The second-order valence-corrected chi connectivity index (χ2v) is 9.25. The van der Waals surface area contributed by atoms with Gasteiger partial charge >= 0.3 is 0 Å². The molecule has 29 heavy (non-hydrogen) atoms. The molecule has 0 amide bonds. The van der Waals surface area contributed by atoms with Gasteiger partial charge in [0.2, 0.25) is 0 Å². The number of aryl methyl sites for hydroxylation is 2. The van der Waals surface area contributed by atoms with Crippen LogP contribution in [0.1, 0.15) is 11.1 Å². The van der Waals surface area contributed by atoms with Crippen LogP contribution in [-0.2, 0) is 10.0 Å². The quantitative estimate of drug-likeness (QED) is 0.497. The number of methoxy groups -OCH3 is 1. The molecule has 2 aromatic carbocycles. The van der Waals surface area contributed by atoms with Gasteiger partial charge in [-0.1, -0.05) is 11.3 Å². The highest BCUT2D eigenvalue weighted by Crippen LogP contribution is 2.31. The van der Waals surface area contributed by atoms with Crippen molar-refractivity contribution in [1.82, 2.24) is 9.97 Å². The first-order valence-corrected chi connectivity index (χ1v) is 11.2. The lowest BCUT2D eigenvalue weighted by molar-refractivity contribution is 0.402. The number of hydrogen-bond acceptors (Lipinski definition) is 6. The van der Waals surface area contributed by atoms with Gasteiger partial charge in [-0.05, 0) is 73.5 Å². The third-order valence-electron chi connectivity index (χ3n) is 4.62. The lowest BCUT2D eigenvalue weighted by Gasteiger charge is -2.14. The first-order valence-electron chi connectivity index (χ1n) is 8.87. The topological polar surface area (TPSA) is 81.2 Å². The Morgan fingerprint density at radius 3 is 2.45 bits per heavy atom. The average molecular weight is 426 g/mol. The van der Waals surface area contributed by atoms with Crippen molar-refractivity contribution in [2.45, 2.75) is 18.7 Å². The molecule has 4 rings (SSSR count). The molecular formula is C21H19N3O3S2. The molecule has 0 aliphatic rings. The monoisotopic (exact) mass is 425 g/mol. The SMILES string of the molecule is COc1cc(C)c(C)cc1S(=O)(=O)Nc1ccc(-c2nc3cccnc3s2)cc1. The van der Waals surface area contributed by atoms with E-state index in [2.05, 4.69) is 14.7 Å². The molecule has 0 aliphatic heterocycles. The molecule has 2 aromatic heterocycles. The summed E-state index contributed by atoms with van der Waals surface area (Å²) in [6, 6.07) is 14.2. The minimum Gasteiger partial charge on any atom is -0.495 e. The molecule has 0 spiro atoms. The van der Waals surface area contributed by atoms with Gasteiger partial charge in [-0.3, -0.25) is 4.72 Å². The van der Waals surface area contributed by atoms with Gasteiger partial charge in [0, 0.05) is 17.4 Å². The summed E-state index contributed by atoms with van der Waals surface area (Å²) >= 11 is 1.50. The van der Waals surface area contributed by atoms with Crippen LogP contribution < -0.4 is 9.46 Å². The van der Waals surface area contributed by atoms with Crippen molar-refractivity contribution in [3.8, 4) is 16.3 Å². The largest absolute Gasteiger partial charge is 0.495 e. The number of benzene rings is 2. The maximum atomic E-state index is 12.9. The number of thiazole rings is 1. The van der Waals surface area contributed by atoms with E-state index in [4.69, 9.17) is 4.74 Å². The Hall–Kier alpha value is -2.97. The van der Waals surface area contributed by atoms with Gasteiger partial charge in [0.25, 0.3) is 10.0 Å². The minimum atomic E-state index is -3.79. The predicted octanol–water partition coefficient (Wildman–Crippen LogP) is 4.78. The standard InChI is InChI=1S/C21H19N3O3S2/c1-13-11-18(27-3)19(12-14(13)2)29(25,26)24-16-8-6-15(7-9-16)20-23-17-5-4-10-22-21(17)28-20/h4-12,24H,1-3H3. The van der Waals surface area contributed by atoms with Crippen molar-refractivity contribution in [3.63, 3.8) is 0 Å². The molecule has 148 valence electrons. The van der Waals surface area contributed by atoms with E-state index in [0.717, 1.165) is 32.0 Å². The van der Waals surface area contributed by atoms with Crippen LogP contribution in [0.3, 0.4) is 0 Å². The van der Waals surface area contributed by atoms with Crippen LogP contribution >= 0.6 is 11.3 Å². The molecule has 6 nitrogen and oxygen atoms in total. The van der Waals surface area contributed by atoms with Crippen molar-refractivity contribution in [3.05, 3.63) is 65.9 Å². The fourth-order valence-electron chi connectivity index (χ4n) is 2.92. The fourth-order valence-corrected chi connectivity index (χ4v) is 5.13. The zero-order chi connectivity index (χ0) is 20.6. The third kappa shape index (κ3) is 3.81. The van der Waals surface area contributed by atoms with Gasteiger partial charge in [0.1, 0.15) is 26.0 Å². The van der Waals surface area contributed by atoms with Crippen molar-refractivity contribution >= 4 is 37.4 Å². The number of anilines is 1. The minimum absolute atomic E-state index is 0.115. The van der Waals surface area contributed by atoms with Crippen molar-refractivity contribution < 1.29 is 13.2 Å². The summed E-state index contributed by atoms with van der Waals surface area (Å²) in [6.07, 6.45) is 1.74. The van der Waals surface area contributed by atoms with E-state index in [-0.39, 0.29) is 4.90 Å². The molecule has 8 heteroatoms. The predicted molar refractivity (Wildman–Crippen MR) is 116 cm³/mol. The Balaban J connectivity index is 1.62. The number of nitrogens with one attached hydrogen (secondary N) is 1. The molecule has 4 aromatic rings. The Labute approximate surface area is 173 Å². The van der Waals surface area contributed by atoms with Crippen LogP contribution in [0.5, 0.6) is 5.75 Å². The van der Waals surface area contributed by atoms with Gasteiger partial charge in [-0.15, -0.1) is 0 Å². The Kier molecular flexibility index (Phi) is 4.97. The molecule has 2 heterocycles. The van der Waals surface area contributed by atoms with Crippen LogP contribution in [0.25, 0.3) is 20.9 Å². The van der Waals surface area contributed by atoms with Crippen molar-refractivity contribution in [2.24, 2.45) is 0 Å². The van der Waals surface area contributed by atoms with Gasteiger partial charge < -0.3 is 4.74 Å². The summed E-state index contributed by atoms with van der Waals surface area (Å²) in [6.45, 7) is 3.79. The number of nitrogens with zero attached hydrogens (tertiary/aromatic N) is 2. The van der Waals surface area contributed by atoms with E-state index in [1.807, 2.05) is 38.1 Å². The summed E-state index contributed by atoms with van der Waals surface area (Å²) < 4.78 is 33.7. The number of sulfonamides is 1. The number of rotatable bonds is 5. The third-order valence-corrected chi connectivity index (χ3v) is 7.05. The van der Waals surface area contributed by atoms with Crippen LogP contribution in [0, 0.1) is 13.8 Å². The van der Waals surface area contributed by atoms with E-state index >= 15 is 0 Å². The normalized spacial score (nSPS) is 11.6. The molecule has 0 radical (unpaired) electrons. The molecule has 0 saturated heterocycles. The van der Waals surface area contributed by atoms with Gasteiger partial charge in [0.05, 0.1) is 7.11 Å². The summed E-state index contributed by atoms with van der Waals surface area (Å²) in [5.41, 5.74) is 4.06. The number of ether oxygens (including phenoxy) is 1. The zero-order valence-electron chi connectivity index (χ0n) is 16.1. The summed E-state index contributed by atoms with van der Waals surface area (Å²) in [7, 11) is -2.33. The highest BCUT2D eigenvalue weighted by Gasteiger charge is 2.21. The number of pyridine rings is 1. The highest BCUT2D eigenvalue weighted by atomic mass is 32.2. The van der Waals surface area contributed by atoms with Crippen LogP contribution in [-0.4, -0.2) is 25.5 Å². The van der Waals surface area contributed by atoms with Gasteiger partial charge in [0.15, 0.2) is 0 Å². The molecule has 0 fully saturated rings. The maximum Gasteiger partial charge on any atom is 0.265 e. The Morgan fingerprint density at radius 1 is 1.03 bits per heavy atom. The second kappa shape index (κ2) is 7.46. The van der Waals surface area contributed by atoms with Crippen LogP contribution in [0.15, 0.2) is 59.6 Å². The molecule has 0 atom stereocenters. The van der Waals surface area contributed by atoms with E-state index in [9.17, 15) is 8.42 Å².